The minimum absolute atomic E-state index is 0.281. The third kappa shape index (κ3) is 2.07. The normalized spacial score (nSPS) is 10.1. The van der Waals surface area contributed by atoms with E-state index in [1.165, 1.54) is 0 Å². The summed E-state index contributed by atoms with van der Waals surface area (Å²) in [6.45, 7) is 0.281. The average Bonchev–Trinajstić information content (AvgIpc) is 2.26. The predicted octanol–water partition coefficient (Wildman–Crippen LogP) is 2.48. The number of hydrogen-bond acceptors (Lipinski definition) is 1. The second-order valence-corrected chi connectivity index (χ2v) is 3.28. The van der Waals surface area contributed by atoms with Gasteiger partial charge >= 0.3 is 6.09 Å². The van der Waals surface area contributed by atoms with Crippen molar-refractivity contribution < 1.29 is 9.90 Å². The highest BCUT2D eigenvalue weighted by molar-refractivity contribution is 5.85. The lowest BCUT2D eigenvalue weighted by Gasteiger charge is -2.05. The van der Waals surface area contributed by atoms with Crippen LogP contribution < -0.4 is 5.32 Å². The van der Waals surface area contributed by atoms with Crippen LogP contribution in [0.4, 0.5) is 4.79 Å². The predicted molar refractivity (Wildman–Crippen MR) is 56.9 cm³/mol. The Labute approximate surface area is 87.3 Å². The summed E-state index contributed by atoms with van der Waals surface area (Å²) in [4.78, 5) is 10.3. The molecule has 0 atom stereocenters. The Hall–Kier alpha value is -2.03. The molecular formula is C12H10NO2. The van der Waals surface area contributed by atoms with Gasteiger partial charge in [-0.25, -0.2) is 9.90 Å². The second kappa shape index (κ2) is 4.00. The maximum absolute atomic E-state index is 10.3. The molecule has 0 bridgehead atoms. The van der Waals surface area contributed by atoms with E-state index in [0.717, 1.165) is 16.3 Å². The summed E-state index contributed by atoms with van der Waals surface area (Å²) in [7, 11) is 0. The lowest BCUT2D eigenvalue weighted by atomic mass is 10.0. The monoisotopic (exact) mass is 200 g/mol. The highest BCUT2D eigenvalue weighted by atomic mass is 16.4. The Morgan fingerprint density at radius 3 is 2.60 bits per heavy atom. The molecular weight excluding hydrogens is 190 g/mol. The molecule has 1 amide bonds. The van der Waals surface area contributed by atoms with E-state index in [9.17, 15) is 9.90 Å². The van der Waals surface area contributed by atoms with Gasteiger partial charge in [-0.15, -0.1) is 0 Å². The highest BCUT2D eigenvalue weighted by Crippen LogP contribution is 2.17. The van der Waals surface area contributed by atoms with Crippen LogP contribution >= 0.6 is 0 Å². The van der Waals surface area contributed by atoms with Gasteiger partial charge in [0.2, 0.25) is 0 Å². The first kappa shape index (κ1) is 9.52. The Bertz CT molecular complexity index is 488. The van der Waals surface area contributed by atoms with Gasteiger partial charge in [0.05, 0.1) is 0 Å². The van der Waals surface area contributed by atoms with Crippen molar-refractivity contribution >= 4 is 16.9 Å². The van der Waals surface area contributed by atoms with Gasteiger partial charge in [0.15, 0.2) is 0 Å². The third-order valence-electron chi connectivity index (χ3n) is 2.30. The van der Waals surface area contributed by atoms with Gasteiger partial charge < -0.3 is 5.32 Å². The minimum atomic E-state index is -1.25. The highest BCUT2D eigenvalue weighted by Gasteiger charge is 2.02. The van der Waals surface area contributed by atoms with Crippen molar-refractivity contribution in [3.63, 3.8) is 0 Å². The van der Waals surface area contributed by atoms with E-state index in [1.807, 2.05) is 42.5 Å². The van der Waals surface area contributed by atoms with Gasteiger partial charge in [0.1, 0.15) is 0 Å². The molecule has 1 radical (unpaired) electrons. The van der Waals surface area contributed by atoms with E-state index < -0.39 is 6.09 Å². The number of carbonyl (C=O) groups is 1. The van der Waals surface area contributed by atoms with E-state index in [1.54, 1.807) is 0 Å². The van der Waals surface area contributed by atoms with Crippen LogP contribution in [0, 0.1) is 0 Å². The zero-order valence-electron chi connectivity index (χ0n) is 8.07. The second-order valence-electron chi connectivity index (χ2n) is 3.28. The molecule has 0 fully saturated rings. The first-order chi connectivity index (χ1) is 7.27. The Kier molecular flexibility index (Phi) is 2.54. The molecule has 1 N–H and O–H groups in total. The first-order valence-corrected chi connectivity index (χ1v) is 4.69. The quantitative estimate of drug-likeness (QED) is 0.795. The molecule has 0 aliphatic carbocycles. The fourth-order valence-corrected chi connectivity index (χ4v) is 1.61. The van der Waals surface area contributed by atoms with Crippen LogP contribution in [-0.4, -0.2) is 6.09 Å². The van der Waals surface area contributed by atoms with Gasteiger partial charge in [-0.05, 0) is 16.3 Å². The molecule has 0 aliphatic rings. The minimum Gasteiger partial charge on any atom is -0.314 e. The lowest BCUT2D eigenvalue weighted by molar-refractivity contribution is 0.168. The number of hydrogen-bond donors (Lipinski definition) is 1. The number of nitrogens with one attached hydrogen (secondary N) is 1. The van der Waals surface area contributed by atoms with Gasteiger partial charge in [-0.2, -0.15) is 0 Å². The molecule has 0 saturated heterocycles. The van der Waals surface area contributed by atoms with Crippen LogP contribution in [0.25, 0.3) is 10.8 Å². The Morgan fingerprint density at radius 1 is 1.07 bits per heavy atom. The summed E-state index contributed by atoms with van der Waals surface area (Å²) in [5.41, 5.74) is 0.956. The molecule has 0 unspecified atom stereocenters. The molecule has 2 aromatic carbocycles. The number of fused-ring (bicyclic) bond motifs is 1. The number of benzene rings is 2. The average molecular weight is 200 g/mol. The molecule has 2 aromatic rings. The first-order valence-electron chi connectivity index (χ1n) is 4.69. The maximum Gasteiger partial charge on any atom is 0.450 e. The fourth-order valence-electron chi connectivity index (χ4n) is 1.61. The number of carbonyl (C=O) groups excluding carboxylic acids is 1. The molecule has 2 rings (SSSR count). The molecule has 0 aromatic heterocycles. The van der Waals surface area contributed by atoms with Crippen LogP contribution in [0.2, 0.25) is 0 Å². The van der Waals surface area contributed by atoms with Crippen LogP contribution in [0.1, 0.15) is 5.56 Å². The fraction of sp³-hybridized carbons (Fsp3) is 0.0833. The molecule has 15 heavy (non-hydrogen) atoms. The van der Waals surface area contributed by atoms with Crippen molar-refractivity contribution in [2.45, 2.75) is 6.54 Å². The van der Waals surface area contributed by atoms with Crippen LogP contribution in [0.5, 0.6) is 0 Å². The van der Waals surface area contributed by atoms with Crippen LogP contribution in [-0.2, 0) is 11.7 Å². The molecule has 0 saturated carbocycles. The smallest absolute Gasteiger partial charge is 0.314 e. The summed E-state index contributed by atoms with van der Waals surface area (Å²) in [6.07, 6.45) is -1.25. The van der Waals surface area contributed by atoms with Crippen molar-refractivity contribution in [1.29, 1.82) is 0 Å². The molecule has 0 aliphatic heterocycles. The maximum atomic E-state index is 10.3. The number of rotatable bonds is 2. The lowest BCUT2D eigenvalue weighted by Crippen LogP contribution is -2.18. The number of amides is 1. The summed E-state index contributed by atoms with van der Waals surface area (Å²) in [6, 6.07) is 13.7. The Balaban J connectivity index is 2.38. The van der Waals surface area contributed by atoms with Crippen molar-refractivity contribution in [2.75, 3.05) is 0 Å². The summed E-state index contributed by atoms with van der Waals surface area (Å²) >= 11 is 0. The molecule has 3 heteroatoms. The molecule has 3 nitrogen and oxygen atoms in total. The molecule has 75 valence electrons. The molecule has 0 spiro atoms. The van der Waals surface area contributed by atoms with Gasteiger partial charge in [-0.1, -0.05) is 42.5 Å². The van der Waals surface area contributed by atoms with E-state index >= 15 is 0 Å². The van der Waals surface area contributed by atoms with Crippen molar-refractivity contribution in [2.24, 2.45) is 0 Å². The van der Waals surface area contributed by atoms with E-state index in [-0.39, 0.29) is 6.54 Å². The summed E-state index contributed by atoms with van der Waals surface area (Å²) in [5.74, 6) is 0. The standard InChI is InChI=1S/C12H10NO2/c14-12(15)13-8-10-6-3-5-9-4-1-2-7-11(9)10/h1-7,13H,8H2. The van der Waals surface area contributed by atoms with E-state index in [4.69, 9.17) is 0 Å². The zero-order chi connectivity index (χ0) is 10.7. The largest absolute Gasteiger partial charge is 0.450 e. The van der Waals surface area contributed by atoms with Crippen molar-refractivity contribution in [1.82, 2.24) is 5.32 Å². The van der Waals surface area contributed by atoms with Gasteiger partial charge in [0.25, 0.3) is 0 Å². The zero-order valence-corrected chi connectivity index (χ0v) is 8.07. The van der Waals surface area contributed by atoms with E-state index in [2.05, 4.69) is 5.32 Å². The van der Waals surface area contributed by atoms with Gasteiger partial charge in [-0.3, -0.25) is 0 Å². The topological polar surface area (TPSA) is 49.0 Å². The molecule has 0 heterocycles. The van der Waals surface area contributed by atoms with Gasteiger partial charge in [0, 0.05) is 6.54 Å². The van der Waals surface area contributed by atoms with Crippen LogP contribution in [0.15, 0.2) is 42.5 Å². The van der Waals surface area contributed by atoms with Crippen molar-refractivity contribution in [3.05, 3.63) is 48.0 Å². The van der Waals surface area contributed by atoms with Crippen LogP contribution in [0.3, 0.4) is 0 Å². The SMILES string of the molecule is [O]C(=O)NCc1cccc2ccccc12. The summed E-state index contributed by atoms with van der Waals surface area (Å²) in [5, 5.41) is 14.7. The summed E-state index contributed by atoms with van der Waals surface area (Å²) < 4.78 is 0. The van der Waals surface area contributed by atoms with E-state index in [0.29, 0.717) is 0 Å². The Morgan fingerprint density at radius 2 is 1.80 bits per heavy atom. The van der Waals surface area contributed by atoms with Crippen molar-refractivity contribution in [3.8, 4) is 0 Å². The third-order valence-corrected chi connectivity index (χ3v) is 2.30.